The van der Waals surface area contributed by atoms with E-state index in [1.807, 2.05) is 41.5 Å². The third kappa shape index (κ3) is 4.76. The van der Waals surface area contributed by atoms with Crippen molar-refractivity contribution in [1.29, 1.82) is 0 Å². The minimum atomic E-state index is -0.302. The molecule has 1 aromatic carbocycles. The Morgan fingerprint density at radius 1 is 1.09 bits per heavy atom. The molecule has 0 amide bonds. The molecule has 0 spiro atoms. The summed E-state index contributed by atoms with van der Waals surface area (Å²) in [5, 5.41) is 12.1. The van der Waals surface area contributed by atoms with Gasteiger partial charge in [-0.25, -0.2) is 4.98 Å². The highest BCUT2D eigenvalue weighted by Crippen LogP contribution is 2.40. The molecule has 176 valence electrons. The van der Waals surface area contributed by atoms with E-state index < -0.39 is 0 Å². The first kappa shape index (κ1) is 24.0. The number of fused-ring (bicyclic) bond motifs is 3. The zero-order chi connectivity index (χ0) is 24.1. The molecule has 2 aromatic heterocycles. The molecule has 1 aliphatic rings. The second kappa shape index (κ2) is 8.58. The number of hydrogen-bond donors (Lipinski definition) is 2. The smallest absolute Gasteiger partial charge is 0.260 e. The van der Waals surface area contributed by atoms with Gasteiger partial charge in [0.05, 0.1) is 11.1 Å². The molecule has 2 N–H and O–H groups in total. The van der Waals surface area contributed by atoms with Crippen molar-refractivity contribution >= 4 is 39.1 Å². The largest absolute Gasteiger partial charge is 0.507 e. The maximum Gasteiger partial charge on any atom is 0.260 e. The topological polar surface area (TPSA) is 83.0 Å². The first-order valence-electron chi connectivity index (χ1n) is 11.4. The fourth-order valence-corrected chi connectivity index (χ4v) is 6.44. The molecule has 3 aromatic rings. The molecule has 1 aliphatic carbocycles. The molecule has 0 radical (unpaired) electrons. The Hall–Kier alpha value is -2.12. The molecule has 0 atom stereocenters. The molecule has 0 bridgehead atoms. The highest BCUT2D eigenvalue weighted by molar-refractivity contribution is 7.99. The summed E-state index contributed by atoms with van der Waals surface area (Å²) in [5.41, 5.74) is 2.55. The Morgan fingerprint density at radius 2 is 1.70 bits per heavy atom. The van der Waals surface area contributed by atoms with Crippen molar-refractivity contribution in [2.45, 2.75) is 83.2 Å². The molecule has 0 saturated heterocycles. The van der Waals surface area contributed by atoms with Gasteiger partial charge in [0.2, 0.25) is 0 Å². The number of nitrogens with one attached hydrogen (secondary N) is 1. The number of carbonyl (C=O) groups excluding carboxylic acids is 1. The van der Waals surface area contributed by atoms with E-state index in [1.54, 1.807) is 23.5 Å². The number of aromatic amines is 1. The molecule has 33 heavy (non-hydrogen) atoms. The molecular weight excluding hydrogens is 452 g/mol. The minimum absolute atomic E-state index is 0.0516. The highest BCUT2D eigenvalue weighted by atomic mass is 32.2. The Morgan fingerprint density at radius 3 is 2.30 bits per heavy atom. The molecule has 0 aliphatic heterocycles. The number of rotatable bonds is 4. The standard InChI is InChI=1S/C26H32N2O3S2/c1-25(2,3)16-11-14(12-17(21(16)30)26(4,5)6)18(29)13-32-24-27-22(31)20-15-9-7-8-10-19(15)33-23(20)28-24/h11-12,30H,7-10,13H2,1-6H3,(H,27,28,31). The highest BCUT2D eigenvalue weighted by Gasteiger charge is 2.28. The summed E-state index contributed by atoms with van der Waals surface area (Å²) in [6, 6.07) is 3.61. The molecule has 0 unspecified atom stereocenters. The summed E-state index contributed by atoms with van der Waals surface area (Å²) in [4.78, 5) is 35.6. The number of Topliss-reactive ketones (excluding diaryl/α,β-unsaturated/α-hetero) is 1. The lowest BCUT2D eigenvalue weighted by molar-refractivity contribution is 0.102. The fraction of sp³-hybridized carbons (Fsp3) is 0.500. The van der Waals surface area contributed by atoms with Gasteiger partial charge < -0.3 is 10.1 Å². The quantitative estimate of drug-likeness (QED) is 0.264. The van der Waals surface area contributed by atoms with E-state index in [9.17, 15) is 14.7 Å². The average molecular weight is 485 g/mol. The zero-order valence-corrected chi connectivity index (χ0v) is 21.9. The van der Waals surface area contributed by atoms with E-state index in [1.165, 1.54) is 16.6 Å². The van der Waals surface area contributed by atoms with Crippen molar-refractivity contribution in [3.63, 3.8) is 0 Å². The van der Waals surface area contributed by atoms with Crippen LogP contribution in [-0.2, 0) is 23.7 Å². The number of aryl methyl sites for hydroxylation is 2. The van der Waals surface area contributed by atoms with Crippen LogP contribution in [0.4, 0.5) is 0 Å². The predicted molar refractivity (Wildman–Crippen MR) is 137 cm³/mol. The van der Waals surface area contributed by atoms with Gasteiger partial charge in [-0.05, 0) is 54.2 Å². The van der Waals surface area contributed by atoms with Crippen LogP contribution >= 0.6 is 23.1 Å². The Kier molecular flexibility index (Phi) is 6.25. The zero-order valence-electron chi connectivity index (χ0n) is 20.2. The summed E-state index contributed by atoms with van der Waals surface area (Å²) < 4.78 is 0. The third-order valence-corrected chi connectivity index (χ3v) is 8.25. The SMILES string of the molecule is CC(C)(C)c1cc(C(=O)CSc2nc3sc4c(c3c(=O)[nH]2)CCCC4)cc(C(C)(C)C)c1O. The number of thiophene rings is 1. The number of ketones is 1. The van der Waals surface area contributed by atoms with E-state index in [2.05, 4.69) is 9.97 Å². The summed E-state index contributed by atoms with van der Waals surface area (Å²) in [7, 11) is 0. The molecule has 0 fully saturated rings. The lowest BCUT2D eigenvalue weighted by Gasteiger charge is -2.28. The Bertz CT molecular complexity index is 1250. The van der Waals surface area contributed by atoms with Crippen LogP contribution in [0.15, 0.2) is 22.1 Å². The number of thioether (sulfide) groups is 1. The Labute approximate surface area is 203 Å². The van der Waals surface area contributed by atoms with Gasteiger partial charge in [0, 0.05) is 21.6 Å². The number of carbonyl (C=O) groups is 1. The van der Waals surface area contributed by atoms with E-state index in [0.717, 1.165) is 52.6 Å². The van der Waals surface area contributed by atoms with Crippen LogP contribution in [0.25, 0.3) is 10.2 Å². The van der Waals surface area contributed by atoms with Crippen LogP contribution in [0.3, 0.4) is 0 Å². The van der Waals surface area contributed by atoms with Gasteiger partial charge in [-0.2, -0.15) is 0 Å². The fourth-order valence-electron chi connectivity index (χ4n) is 4.37. The van der Waals surface area contributed by atoms with Crippen LogP contribution in [0.5, 0.6) is 5.75 Å². The Balaban J connectivity index is 1.63. The average Bonchev–Trinajstić information content (AvgIpc) is 3.09. The maximum atomic E-state index is 13.2. The molecule has 5 nitrogen and oxygen atoms in total. The molecular formula is C26H32N2O3S2. The minimum Gasteiger partial charge on any atom is -0.507 e. The van der Waals surface area contributed by atoms with Crippen LogP contribution < -0.4 is 5.56 Å². The van der Waals surface area contributed by atoms with Crippen molar-refractivity contribution in [3.8, 4) is 5.75 Å². The van der Waals surface area contributed by atoms with E-state index >= 15 is 0 Å². The van der Waals surface area contributed by atoms with Crippen molar-refractivity contribution in [3.05, 3.63) is 49.6 Å². The van der Waals surface area contributed by atoms with Gasteiger partial charge in [-0.3, -0.25) is 9.59 Å². The van der Waals surface area contributed by atoms with Crippen molar-refractivity contribution in [1.82, 2.24) is 9.97 Å². The van der Waals surface area contributed by atoms with Gasteiger partial charge in [-0.1, -0.05) is 53.3 Å². The third-order valence-electron chi connectivity index (χ3n) is 6.19. The summed E-state index contributed by atoms with van der Waals surface area (Å²) in [6.07, 6.45) is 4.23. The molecule has 7 heteroatoms. The van der Waals surface area contributed by atoms with Crippen LogP contribution in [0.1, 0.15) is 86.3 Å². The van der Waals surface area contributed by atoms with E-state index in [0.29, 0.717) is 10.7 Å². The van der Waals surface area contributed by atoms with E-state index in [-0.39, 0.29) is 33.7 Å². The number of aromatic hydroxyl groups is 1. The first-order chi connectivity index (χ1) is 15.4. The predicted octanol–water partition coefficient (Wildman–Crippen LogP) is 6.14. The number of benzene rings is 1. The number of aromatic nitrogens is 2. The second-order valence-electron chi connectivity index (χ2n) is 10.9. The monoisotopic (exact) mass is 484 g/mol. The number of nitrogens with zero attached hydrogens (tertiary/aromatic N) is 1. The van der Waals surface area contributed by atoms with Crippen molar-refractivity contribution < 1.29 is 9.90 Å². The number of hydrogen-bond acceptors (Lipinski definition) is 6. The lowest BCUT2D eigenvalue weighted by Crippen LogP contribution is -2.19. The summed E-state index contributed by atoms with van der Waals surface area (Å²) in [6.45, 7) is 12.2. The van der Waals surface area contributed by atoms with Gasteiger partial charge in [0.25, 0.3) is 5.56 Å². The normalized spacial score (nSPS) is 14.5. The van der Waals surface area contributed by atoms with Crippen molar-refractivity contribution in [2.24, 2.45) is 0 Å². The van der Waals surface area contributed by atoms with Gasteiger partial charge in [0.15, 0.2) is 10.9 Å². The van der Waals surface area contributed by atoms with Crippen molar-refractivity contribution in [2.75, 3.05) is 5.75 Å². The summed E-state index contributed by atoms with van der Waals surface area (Å²) in [5.74, 6) is 0.374. The first-order valence-corrected chi connectivity index (χ1v) is 13.2. The van der Waals surface area contributed by atoms with Crippen LogP contribution in [0, 0.1) is 0 Å². The number of phenolic OH excluding ortho intramolecular Hbond substituents is 1. The van der Waals surface area contributed by atoms with Gasteiger partial charge in [0.1, 0.15) is 10.6 Å². The second-order valence-corrected chi connectivity index (χ2v) is 12.9. The molecule has 0 saturated carbocycles. The number of H-pyrrole nitrogens is 1. The van der Waals surface area contributed by atoms with Crippen LogP contribution in [-0.4, -0.2) is 26.6 Å². The lowest BCUT2D eigenvalue weighted by atomic mass is 9.78. The van der Waals surface area contributed by atoms with E-state index in [4.69, 9.17) is 0 Å². The van der Waals surface area contributed by atoms with Gasteiger partial charge in [-0.15, -0.1) is 11.3 Å². The molecule has 2 heterocycles. The van der Waals surface area contributed by atoms with Crippen LogP contribution in [0.2, 0.25) is 0 Å². The summed E-state index contributed by atoms with van der Waals surface area (Å²) >= 11 is 2.87. The maximum absolute atomic E-state index is 13.2. The van der Waals surface area contributed by atoms with Gasteiger partial charge >= 0.3 is 0 Å². The molecule has 4 rings (SSSR count). The number of phenols is 1.